The van der Waals surface area contributed by atoms with Crippen LogP contribution < -0.4 is 15.4 Å². The third-order valence-corrected chi connectivity index (χ3v) is 5.82. The minimum absolute atomic E-state index is 0.0539. The molecule has 1 saturated heterocycles. The average Bonchev–Trinajstić information content (AvgIpc) is 3.38. The van der Waals surface area contributed by atoms with Gasteiger partial charge in [-0.3, -0.25) is 4.79 Å². The van der Waals surface area contributed by atoms with Gasteiger partial charge in [-0.15, -0.1) is 0 Å². The van der Waals surface area contributed by atoms with E-state index in [-0.39, 0.29) is 5.91 Å². The van der Waals surface area contributed by atoms with Gasteiger partial charge in [0.1, 0.15) is 5.75 Å². The van der Waals surface area contributed by atoms with Crippen LogP contribution in [0.25, 0.3) is 11.3 Å². The molecule has 172 valence electrons. The first kappa shape index (κ1) is 22.7. The largest absolute Gasteiger partial charge is 0.497 e. The molecule has 3 aromatic rings. The van der Waals surface area contributed by atoms with Gasteiger partial charge in [-0.05, 0) is 68.2 Å². The molecule has 0 bridgehead atoms. The van der Waals surface area contributed by atoms with E-state index in [1.807, 2.05) is 48.5 Å². The molecule has 2 aromatic carbocycles. The molecule has 0 spiro atoms. The van der Waals surface area contributed by atoms with Gasteiger partial charge in [0.15, 0.2) is 0 Å². The Labute approximate surface area is 195 Å². The molecule has 2 heterocycles. The van der Waals surface area contributed by atoms with Crippen molar-refractivity contribution in [3.05, 3.63) is 71.9 Å². The molecular weight excluding hydrogens is 414 g/mol. The number of hydrogen-bond acceptors (Lipinski definition) is 6. The van der Waals surface area contributed by atoms with E-state index < -0.39 is 0 Å². The number of ether oxygens (including phenoxy) is 1. The first-order valence-corrected chi connectivity index (χ1v) is 11.5. The number of carbonyl (C=O) groups excluding carboxylic acids is 1. The number of rotatable bonds is 10. The number of anilines is 1. The molecule has 33 heavy (non-hydrogen) atoms. The van der Waals surface area contributed by atoms with E-state index >= 15 is 0 Å². The lowest BCUT2D eigenvalue weighted by Gasteiger charge is -2.14. The highest BCUT2D eigenvalue weighted by Gasteiger charge is 2.12. The Balaban J connectivity index is 1.33. The van der Waals surface area contributed by atoms with Crippen molar-refractivity contribution in [2.45, 2.75) is 19.3 Å². The van der Waals surface area contributed by atoms with E-state index in [1.165, 1.54) is 18.4 Å². The number of aromatic nitrogens is 2. The number of nitrogens with zero attached hydrogens (tertiary/aromatic N) is 3. The third-order valence-electron chi connectivity index (χ3n) is 5.82. The Hall–Kier alpha value is -3.45. The first-order valence-electron chi connectivity index (χ1n) is 11.5. The van der Waals surface area contributed by atoms with Crippen molar-refractivity contribution in [3.8, 4) is 17.0 Å². The van der Waals surface area contributed by atoms with Gasteiger partial charge < -0.3 is 20.3 Å². The fraction of sp³-hybridized carbons (Fsp3) is 0.346. The van der Waals surface area contributed by atoms with Crippen molar-refractivity contribution >= 4 is 11.9 Å². The Kier molecular flexibility index (Phi) is 7.87. The van der Waals surface area contributed by atoms with Gasteiger partial charge >= 0.3 is 0 Å². The van der Waals surface area contributed by atoms with Crippen molar-refractivity contribution in [1.29, 1.82) is 0 Å². The molecule has 2 N–H and O–H groups in total. The van der Waals surface area contributed by atoms with Gasteiger partial charge in [-0.25, -0.2) is 9.97 Å². The Morgan fingerprint density at radius 1 is 1.06 bits per heavy atom. The summed E-state index contributed by atoms with van der Waals surface area (Å²) in [5.74, 6) is 1.36. The minimum Gasteiger partial charge on any atom is -0.497 e. The predicted octanol–water partition coefficient (Wildman–Crippen LogP) is 3.63. The van der Waals surface area contributed by atoms with E-state index in [9.17, 15) is 4.79 Å². The molecule has 0 atom stereocenters. The van der Waals surface area contributed by atoms with Crippen LogP contribution in [-0.4, -0.2) is 60.6 Å². The number of methoxy groups -OCH3 is 1. The van der Waals surface area contributed by atoms with Gasteiger partial charge in [-0.1, -0.05) is 24.3 Å². The summed E-state index contributed by atoms with van der Waals surface area (Å²) in [4.78, 5) is 24.0. The summed E-state index contributed by atoms with van der Waals surface area (Å²) in [6.45, 7) is 4.54. The summed E-state index contributed by atoms with van der Waals surface area (Å²) in [5, 5.41) is 6.32. The monoisotopic (exact) mass is 445 g/mol. The molecule has 1 fully saturated rings. The van der Waals surface area contributed by atoms with E-state index in [0.29, 0.717) is 24.6 Å². The first-order chi connectivity index (χ1) is 16.2. The molecule has 0 unspecified atom stereocenters. The van der Waals surface area contributed by atoms with Crippen molar-refractivity contribution in [2.75, 3.05) is 45.2 Å². The zero-order chi connectivity index (χ0) is 22.9. The zero-order valence-electron chi connectivity index (χ0n) is 19.1. The maximum Gasteiger partial charge on any atom is 0.251 e. The van der Waals surface area contributed by atoms with Crippen molar-refractivity contribution < 1.29 is 9.53 Å². The van der Waals surface area contributed by atoms with Crippen LogP contribution in [0.2, 0.25) is 0 Å². The van der Waals surface area contributed by atoms with Crippen LogP contribution in [0.4, 0.5) is 5.95 Å². The number of hydrogen-bond donors (Lipinski definition) is 2. The smallest absolute Gasteiger partial charge is 0.251 e. The molecule has 1 amide bonds. The summed E-state index contributed by atoms with van der Waals surface area (Å²) < 4.78 is 5.28. The SMILES string of the molecule is COc1cccc(CCNc2nccc(-c3cccc(C(=O)NCCN4CCCC4)c3)n2)c1. The second kappa shape index (κ2) is 11.4. The summed E-state index contributed by atoms with van der Waals surface area (Å²) in [7, 11) is 1.67. The van der Waals surface area contributed by atoms with E-state index in [2.05, 4.69) is 31.6 Å². The number of nitrogens with one attached hydrogen (secondary N) is 2. The lowest BCUT2D eigenvalue weighted by Crippen LogP contribution is -2.33. The van der Waals surface area contributed by atoms with Crippen LogP contribution in [0.1, 0.15) is 28.8 Å². The van der Waals surface area contributed by atoms with Gasteiger partial charge in [-0.2, -0.15) is 0 Å². The topological polar surface area (TPSA) is 79.4 Å². The molecule has 1 aliphatic heterocycles. The maximum atomic E-state index is 12.6. The summed E-state index contributed by atoms with van der Waals surface area (Å²) in [6.07, 6.45) is 5.08. The van der Waals surface area contributed by atoms with Gasteiger partial charge in [0, 0.05) is 37.0 Å². The normalized spacial score (nSPS) is 13.6. The molecular formula is C26H31N5O2. The van der Waals surface area contributed by atoms with Crippen molar-refractivity contribution in [3.63, 3.8) is 0 Å². The highest BCUT2D eigenvalue weighted by Crippen LogP contribution is 2.19. The van der Waals surface area contributed by atoms with Crippen LogP contribution in [0.3, 0.4) is 0 Å². The quantitative estimate of drug-likeness (QED) is 0.496. The standard InChI is InChI=1S/C26H31N5O2/c1-33-23-9-4-6-20(18-23)10-12-28-26-29-13-11-24(30-26)21-7-5-8-22(19-21)25(32)27-14-17-31-15-2-3-16-31/h4-9,11,13,18-19H,2-3,10,12,14-17H2,1H3,(H,27,32)(H,28,29,30). The zero-order valence-corrected chi connectivity index (χ0v) is 19.1. The van der Waals surface area contributed by atoms with E-state index in [1.54, 1.807) is 13.3 Å². The molecule has 7 nitrogen and oxygen atoms in total. The van der Waals surface area contributed by atoms with Crippen LogP contribution in [0.15, 0.2) is 60.8 Å². The molecule has 0 aliphatic carbocycles. The number of likely N-dealkylation sites (tertiary alicyclic amines) is 1. The fourth-order valence-corrected chi connectivity index (χ4v) is 4.01. The van der Waals surface area contributed by atoms with Crippen LogP contribution in [0.5, 0.6) is 5.75 Å². The maximum absolute atomic E-state index is 12.6. The van der Waals surface area contributed by atoms with E-state index in [0.717, 1.165) is 43.1 Å². The van der Waals surface area contributed by atoms with E-state index in [4.69, 9.17) is 4.74 Å². The Bertz CT molecular complexity index is 1070. The lowest BCUT2D eigenvalue weighted by molar-refractivity contribution is 0.0950. The van der Waals surface area contributed by atoms with Gasteiger partial charge in [0.25, 0.3) is 5.91 Å². The van der Waals surface area contributed by atoms with Crippen molar-refractivity contribution in [2.24, 2.45) is 0 Å². The summed E-state index contributed by atoms with van der Waals surface area (Å²) >= 11 is 0. The third kappa shape index (κ3) is 6.52. The highest BCUT2D eigenvalue weighted by atomic mass is 16.5. The van der Waals surface area contributed by atoms with Crippen LogP contribution >= 0.6 is 0 Å². The van der Waals surface area contributed by atoms with Gasteiger partial charge in [0.05, 0.1) is 12.8 Å². The molecule has 7 heteroatoms. The predicted molar refractivity (Wildman–Crippen MR) is 131 cm³/mol. The lowest BCUT2D eigenvalue weighted by atomic mass is 10.1. The van der Waals surface area contributed by atoms with Crippen LogP contribution in [-0.2, 0) is 6.42 Å². The minimum atomic E-state index is -0.0539. The fourth-order valence-electron chi connectivity index (χ4n) is 4.01. The van der Waals surface area contributed by atoms with Gasteiger partial charge in [0.2, 0.25) is 5.95 Å². The number of amides is 1. The highest BCUT2D eigenvalue weighted by molar-refractivity contribution is 5.95. The number of benzene rings is 2. The van der Waals surface area contributed by atoms with Crippen molar-refractivity contribution in [1.82, 2.24) is 20.2 Å². The second-order valence-electron chi connectivity index (χ2n) is 8.18. The summed E-state index contributed by atoms with van der Waals surface area (Å²) in [5.41, 5.74) is 3.49. The molecule has 1 aliphatic rings. The molecule has 0 radical (unpaired) electrons. The Morgan fingerprint density at radius 2 is 1.91 bits per heavy atom. The summed E-state index contributed by atoms with van der Waals surface area (Å²) in [6, 6.07) is 17.5. The Morgan fingerprint density at radius 3 is 2.76 bits per heavy atom. The average molecular weight is 446 g/mol. The second-order valence-corrected chi connectivity index (χ2v) is 8.18. The molecule has 1 aromatic heterocycles. The molecule has 0 saturated carbocycles. The number of carbonyl (C=O) groups is 1. The molecule has 4 rings (SSSR count). The van der Waals surface area contributed by atoms with Crippen LogP contribution in [0, 0.1) is 0 Å².